The standard InChI is InChI=1S/C12H22N4/c1-6-9(2)7-13-11-10(3)14-8-15-12(11)16(4)5/h8-9,13H,6-7H2,1-5H3. The summed E-state index contributed by atoms with van der Waals surface area (Å²) in [7, 11) is 3.99. The van der Waals surface area contributed by atoms with E-state index in [9.17, 15) is 0 Å². The van der Waals surface area contributed by atoms with Gasteiger partial charge in [0.2, 0.25) is 0 Å². The molecule has 0 fully saturated rings. The average Bonchev–Trinajstić information content (AvgIpc) is 2.26. The van der Waals surface area contributed by atoms with Gasteiger partial charge in [-0.25, -0.2) is 9.97 Å². The summed E-state index contributed by atoms with van der Waals surface area (Å²) in [6.07, 6.45) is 2.79. The van der Waals surface area contributed by atoms with E-state index < -0.39 is 0 Å². The smallest absolute Gasteiger partial charge is 0.155 e. The summed E-state index contributed by atoms with van der Waals surface area (Å²) in [5.74, 6) is 1.62. The molecule has 0 saturated carbocycles. The van der Waals surface area contributed by atoms with Crippen LogP contribution in [0.2, 0.25) is 0 Å². The minimum atomic E-state index is 0.662. The maximum absolute atomic E-state index is 4.30. The van der Waals surface area contributed by atoms with Crippen molar-refractivity contribution in [3.05, 3.63) is 12.0 Å². The number of rotatable bonds is 5. The molecule has 1 rings (SSSR count). The molecule has 1 aromatic heterocycles. The molecule has 0 aliphatic carbocycles. The lowest BCUT2D eigenvalue weighted by Crippen LogP contribution is -2.18. The topological polar surface area (TPSA) is 41.1 Å². The summed E-state index contributed by atoms with van der Waals surface area (Å²) in [5.41, 5.74) is 2.05. The third kappa shape index (κ3) is 3.08. The Morgan fingerprint density at radius 3 is 2.62 bits per heavy atom. The maximum atomic E-state index is 4.30. The van der Waals surface area contributed by atoms with Crippen molar-refractivity contribution in [3.8, 4) is 0 Å². The van der Waals surface area contributed by atoms with Crippen molar-refractivity contribution in [1.82, 2.24) is 9.97 Å². The number of nitrogens with one attached hydrogen (secondary N) is 1. The number of nitrogens with zero attached hydrogens (tertiary/aromatic N) is 3. The first-order valence-corrected chi connectivity index (χ1v) is 5.79. The average molecular weight is 222 g/mol. The lowest BCUT2D eigenvalue weighted by Gasteiger charge is -2.19. The van der Waals surface area contributed by atoms with Crippen LogP contribution >= 0.6 is 0 Å². The van der Waals surface area contributed by atoms with E-state index in [1.807, 2.05) is 25.9 Å². The molecular formula is C12H22N4. The molecule has 1 heterocycles. The number of hydrogen-bond donors (Lipinski definition) is 1. The first-order chi connectivity index (χ1) is 7.56. The molecule has 1 unspecified atom stereocenters. The van der Waals surface area contributed by atoms with Gasteiger partial charge in [0.25, 0.3) is 0 Å². The molecule has 0 saturated heterocycles. The Bertz CT molecular complexity index is 336. The van der Waals surface area contributed by atoms with Crippen LogP contribution in [0, 0.1) is 12.8 Å². The summed E-state index contributed by atoms with van der Waals surface area (Å²) in [6.45, 7) is 7.41. The third-order valence-corrected chi connectivity index (χ3v) is 2.76. The maximum Gasteiger partial charge on any atom is 0.155 e. The lowest BCUT2D eigenvalue weighted by atomic mass is 10.1. The molecule has 0 aliphatic heterocycles. The molecule has 4 nitrogen and oxygen atoms in total. The first kappa shape index (κ1) is 12.7. The molecule has 1 aromatic rings. The Morgan fingerprint density at radius 1 is 1.38 bits per heavy atom. The summed E-state index contributed by atoms with van der Waals surface area (Å²) < 4.78 is 0. The molecule has 0 radical (unpaired) electrons. The monoisotopic (exact) mass is 222 g/mol. The molecule has 4 heteroatoms. The SMILES string of the molecule is CCC(C)CNc1c(C)ncnc1N(C)C. The first-order valence-electron chi connectivity index (χ1n) is 5.79. The van der Waals surface area contributed by atoms with Crippen LogP contribution in [0.25, 0.3) is 0 Å². The van der Waals surface area contributed by atoms with Crippen LogP contribution in [0.15, 0.2) is 6.33 Å². The number of hydrogen-bond acceptors (Lipinski definition) is 4. The zero-order valence-electron chi connectivity index (χ0n) is 10.9. The van der Waals surface area contributed by atoms with E-state index in [1.165, 1.54) is 6.42 Å². The van der Waals surface area contributed by atoms with Crippen molar-refractivity contribution in [2.45, 2.75) is 27.2 Å². The van der Waals surface area contributed by atoms with Crippen molar-refractivity contribution in [2.24, 2.45) is 5.92 Å². The van der Waals surface area contributed by atoms with E-state index in [0.717, 1.165) is 23.7 Å². The van der Waals surface area contributed by atoms with E-state index in [1.54, 1.807) is 6.33 Å². The minimum absolute atomic E-state index is 0.662. The Balaban J connectivity index is 2.84. The molecule has 0 spiro atoms. The highest BCUT2D eigenvalue weighted by molar-refractivity contribution is 5.67. The molecule has 16 heavy (non-hydrogen) atoms. The van der Waals surface area contributed by atoms with E-state index in [4.69, 9.17) is 0 Å². The van der Waals surface area contributed by atoms with Gasteiger partial charge in [-0.1, -0.05) is 20.3 Å². The van der Waals surface area contributed by atoms with Gasteiger partial charge < -0.3 is 10.2 Å². The van der Waals surface area contributed by atoms with Crippen LogP contribution in [-0.2, 0) is 0 Å². The largest absolute Gasteiger partial charge is 0.380 e. The van der Waals surface area contributed by atoms with Gasteiger partial charge in [0.05, 0.1) is 11.4 Å². The van der Waals surface area contributed by atoms with Gasteiger partial charge in [-0.15, -0.1) is 0 Å². The fourth-order valence-electron chi connectivity index (χ4n) is 1.43. The Hall–Kier alpha value is -1.32. The van der Waals surface area contributed by atoms with Crippen LogP contribution in [0.4, 0.5) is 11.5 Å². The molecule has 0 amide bonds. The zero-order valence-corrected chi connectivity index (χ0v) is 10.9. The van der Waals surface area contributed by atoms with Crippen LogP contribution in [0.5, 0.6) is 0 Å². The van der Waals surface area contributed by atoms with Gasteiger partial charge in [-0.3, -0.25) is 0 Å². The van der Waals surface area contributed by atoms with Gasteiger partial charge in [0, 0.05) is 20.6 Å². The van der Waals surface area contributed by atoms with E-state index in [0.29, 0.717) is 5.92 Å². The molecule has 1 N–H and O–H groups in total. The van der Waals surface area contributed by atoms with Gasteiger partial charge in [0.1, 0.15) is 6.33 Å². The molecule has 0 aromatic carbocycles. The molecule has 0 aliphatic rings. The van der Waals surface area contributed by atoms with Crippen molar-refractivity contribution in [1.29, 1.82) is 0 Å². The van der Waals surface area contributed by atoms with Crippen LogP contribution < -0.4 is 10.2 Å². The van der Waals surface area contributed by atoms with E-state index in [-0.39, 0.29) is 0 Å². The molecule has 1 atom stereocenters. The van der Waals surface area contributed by atoms with Crippen molar-refractivity contribution >= 4 is 11.5 Å². The second kappa shape index (κ2) is 5.68. The lowest BCUT2D eigenvalue weighted by molar-refractivity contribution is 0.593. The summed E-state index contributed by atoms with van der Waals surface area (Å²) in [5, 5.41) is 3.45. The van der Waals surface area contributed by atoms with Gasteiger partial charge >= 0.3 is 0 Å². The van der Waals surface area contributed by atoms with E-state index >= 15 is 0 Å². The fraction of sp³-hybridized carbons (Fsp3) is 0.667. The highest BCUT2D eigenvalue weighted by Gasteiger charge is 2.10. The van der Waals surface area contributed by atoms with Gasteiger partial charge in [-0.2, -0.15) is 0 Å². The fourth-order valence-corrected chi connectivity index (χ4v) is 1.43. The highest BCUT2D eigenvalue weighted by Crippen LogP contribution is 2.23. The minimum Gasteiger partial charge on any atom is -0.380 e. The quantitative estimate of drug-likeness (QED) is 0.830. The van der Waals surface area contributed by atoms with Crippen molar-refractivity contribution in [2.75, 3.05) is 30.9 Å². The summed E-state index contributed by atoms with van der Waals surface area (Å²) >= 11 is 0. The Kier molecular flexibility index (Phi) is 4.52. The Labute approximate surface area is 98.1 Å². The van der Waals surface area contributed by atoms with Crippen molar-refractivity contribution in [3.63, 3.8) is 0 Å². The Morgan fingerprint density at radius 2 is 2.06 bits per heavy atom. The van der Waals surface area contributed by atoms with Gasteiger partial charge in [0.15, 0.2) is 5.82 Å². The number of aromatic nitrogens is 2. The van der Waals surface area contributed by atoms with Crippen LogP contribution in [0.1, 0.15) is 26.0 Å². The van der Waals surface area contributed by atoms with Crippen LogP contribution in [-0.4, -0.2) is 30.6 Å². The van der Waals surface area contributed by atoms with Crippen LogP contribution in [0.3, 0.4) is 0 Å². The second-order valence-corrected chi connectivity index (χ2v) is 4.45. The highest BCUT2D eigenvalue weighted by atomic mass is 15.2. The molecular weight excluding hydrogens is 200 g/mol. The second-order valence-electron chi connectivity index (χ2n) is 4.45. The molecule has 90 valence electrons. The third-order valence-electron chi connectivity index (χ3n) is 2.76. The van der Waals surface area contributed by atoms with E-state index in [2.05, 4.69) is 29.1 Å². The van der Waals surface area contributed by atoms with Gasteiger partial charge in [-0.05, 0) is 12.8 Å². The number of aryl methyl sites for hydroxylation is 1. The summed E-state index contributed by atoms with van der Waals surface area (Å²) in [6, 6.07) is 0. The molecule has 0 bridgehead atoms. The predicted octanol–water partition coefficient (Wildman–Crippen LogP) is 2.31. The predicted molar refractivity (Wildman–Crippen MR) is 69.0 cm³/mol. The zero-order chi connectivity index (χ0) is 12.1. The van der Waals surface area contributed by atoms with Crippen molar-refractivity contribution < 1.29 is 0 Å². The summed E-state index contributed by atoms with van der Waals surface area (Å²) in [4.78, 5) is 10.5. The number of anilines is 2. The normalized spacial score (nSPS) is 12.3.